The van der Waals surface area contributed by atoms with Gasteiger partial charge in [-0.3, -0.25) is 0 Å². The predicted molar refractivity (Wildman–Crippen MR) is 137 cm³/mol. The van der Waals surface area contributed by atoms with Crippen molar-refractivity contribution in [2.24, 2.45) is 0 Å². The summed E-state index contributed by atoms with van der Waals surface area (Å²) in [5.74, 6) is 0. The summed E-state index contributed by atoms with van der Waals surface area (Å²) in [5.41, 5.74) is 8.17. The molecule has 0 atom stereocenters. The van der Waals surface area contributed by atoms with Crippen molar-refractivity contribution in [1.29, 1.82) is 0 Å². The number of benzene rings is 1. The van der Waals surface area contributed by atoms with Crippen LogP contribution in [-0.4, -0.2) is 30.8 Å². The Labute approximate surface area is 190 Å². The first-order valence-electron chi connectivity index (χ1n) is 11.9. The highest BCUT2D eigenvalue weighted by Crippen LogP contribution is 2.38. The summed E-state index contributed by atoms with van der Waals surface area (Å²) < 4.78 is 2.58. The zero-order valence-electron chi connectivity index (χ0n) is 21.6. The van der Waals surface area contributed by atoms with Gasteiger partial charge in [-0.1, -0.05) is 17.7 Å². The largest absolute Gasteiger partial charge is 0.359 e. The molecule has 1 heterocycles. The number of rotatable bonds is 7. The number of hydrogen-bond donors (Lipinski definition) is 0. The van der Waals surface area contributed by atoms with Gasteiger partial charge in [-0.05, 0) is 87.3 Å². The Morgan fingerprint density at radius 3 is 1.61 bits per heavy atom. The molecule has 2 aromatic rings. The van der Waals surface area contributed by atoms with Gasteiger partial charge in [0.15, 0.2) is 0 Å². The molecule has 2 aromatic carbocycles. The average Bonchev–Trinajstić information content (AvgIpc) is 3.08. The van der Waals surface area contributed by atoms with Crippen LogP contribution in [0.3, 0.4) is 0 Å². The molecule has 0 aliphatic carbocycles. The van der Waals surface area contributed by atoms with E-state index in [0.717, 1.165) is 6.67 Å². The summed E-state index contributed by atoms with van der Waals surface area (Å²) in [6.07, 6.45) is 4.51. The lowest BCUT2D eigenvalue weighted by Crippen LogP contribution is -2.41. The van der Waals surface area contributed by atoms with E-state index in [1.807, 2.05) is 0 Å². The van der Waals surface area contributed by atoms with Crippen LogP contribution in [0.4, 0.5) is 17.1 Å². The minimum atomic E-state index is 0.466. The molecule has 0 aromatic heterocycles. The zero-order chi connectivity index (χ0) is 23.2. The van der Waals surface area contributed by atoms with E-state index in [2.05, 4.69) is 120 Å². The van der Waals surface area contributed by atoms with Crippen LogP contribution < -0.4 is 24.6 Å². The second-order valence-corrected chi connectivity index (χ2v) is 10.4. The van der Waals surface area contributed by atoms with E-state index in [4.69, 9.17) is 0 Å². The molecule has 0 fully saturated rings. The van der Waals surface area contributed by atoms with E-state index in [-0.39, 0.29) is 0 Å². The molecule has 0 spiro atoms. The molecule has 0 bridgehead atoms. The molecular weight excluding hydrogens is 380 g/mol. The van der Waals surface area contributed by atoms with Gasteiger partial charge in [0.2, 0.25) is 0 Å². The van der Waals surface area contributed by atoms with Gasteiger partial charge in [-0.15, -0.1) is 0 Å². The normalized spacial score (nSPS) is 14.4. The molecule has 31 heavy (non-hydrogen) atoms. The van der Waals surface area contributed by atoms with Crippen LogP contribution in [0.1, 0.15) is 72.1 Å². The van der Waals surface area contributed by atoms with Crippen molar-refractivity contribution in [3.63, 3.8) is 0 Å². The van der Waals surface area contributed by atoms with E-state index in [1.54, 1.807) is 0 Å². The van der Waals surface area contributed by atoms with Crippen molar-refractivity contribution in [3.05, 3.63) is 46.6 Å². The molecule has 0 radical (unpaired) electrons. The van der Waals surface area contributed by atoms with Crippen LogP contribution in [0.15, 0.2) is 24.5 Å². The van der Waals surface area contributed by atoms with Crippen LogP contribution in [0, 0.1) is 20.8 Å². The number of hydrogen-bond acceptors (Lipinski definition) is 3. The van der Waals surface area contributed by atoms with Crippen molar-refractivity contribution >= 4 is 17.1 Å². The molecule has 3 rings (SSSR count). The smallest absolute Gasteiger partial charge is 0.252 e. The fourth-order valence-corrected chi connectivity index (χ4v) is 5.48. The summed E-state index contributed by atoms with van der Waals surface area (Å²) in [5, 5.41) is 1.43. The molecule has 0 N–H and O–H groups in total. The summed E-state index contributed by atoms with van der Waals surface area (Å²) in [6, 6.07) is 6.44. The van der Waals surface area contributed by atoms with Crippen LogP contribution in [-0.2, 0) is 0 Å². The van der Waals surface area contributed by atoms with Crippen molar-refractivity contribution < 1.29 is 0 Å². The monoisotopic (exact) mass is 423 g/mol. The predicted octanol–water partition coefficient (Wildman–Crippen LogP) is 5.45. The maximum Gasteiger partial charge on any atom is 0.252 e. The lowest BCUT2D eigenvalue weighted by Gasteiger charge is -2.29. The topological polar surface area (TPSA) is 12.7 Å². The molecule has 4 nitrogen and oxygen atoms in total. The van der Waals surface area contributed by atoms with Gasteiger partial charge in [0.05, 0.1) is 6.67 Å². The van der Waals surface area contributed by atoms with E-state index in [9.17, 15) is 0 Å². The number of aryl methyl sites for hydroxylation is 3. The Morgan fingerprint density at radius 2 is 1.19 bits per heavy atom. The summed E-state index contributed by atoms with van der Waals surface area (Å²) in [6.45, 7) is 25.9. The number of nitrogens with zero attached hydrogens (tertiary/aromatic N) is 4. The van der Waals surface area contributed by atoms with Crippen molar-refractivity contribution in [2.75, 3.05) is 21.4 Å². The first-order chi connectivity index (χ1) is 14.5. The molecular formula is C27H43N4+. The second-order valence-electron chi connectivity index (χ2n) is 10.4. The summed E-state index contributed by atoms with van der Waals surface area (Å²) in [7, 11) is 0. The van der Waals surface area contributed by atoms with Crippen LogP contribution in [0.5, 0.6) is 0 Å². The zero-order valence-corrected chi connectivity index (χ0v) is 21.6. The Kier molecular flexibility index (Phi) is 6.59. The fourth-order valence-electron chi connectivity index (χ4n) is 5.48. The molecule has 0 unspecified atom stereocenters. The third-order valence-corrected chi connectivity index (χ3v) is 6.29. The maximum absolute atomic E-state index is 2.58. The molecule has 4 heteroatoms. The summed E-state index contributed by atoms with van der Waals surface area (Å²) >= 11 is 0. The molecule has 0 saturated heterocycles. The lowest BCUT2D eigenvalue weighted by atomic mass is 10.0. The highest BCUT2D eigenvalue weighted by Gasteiger charge is 2.41. The molecule has 0 saturated carbocycles. The van der Waals surface area contributed by atoms with Crippen LogP contribution in [0.25, 0.3) is 0 Å². The number of anilines is 3. The molecule has 170 valence electrons. The minimum absolute atomic E-state index is 0.466. The van der Waals surface area contributed by atoms with Gasteiger partial charge < -0.3 is 14.7 Å². The van der Waals surface area contributed by atoms with E-state index >= 15 is 0 Å². The quantitative estimate of drug-likeness (QED) is 0.549. The maximum atomic E-state index is 2.58. The van der Waals surface area contributed by atoms with Gasteiger partial charge >= 0.3 is 0 Å². The summed E-state index contributed by atoms with van der Waals surface area (Å²) in [4.78, 5) is 7.43. The standard InChI is InChI=1S/C27H43N4/c1-17(2)30(18(3)4)26-25(27(26)31(19(5)6)20(7)8)29-13-12-28(16-29)24-22(10)14-21(9)15-23(24)11/h12-15,17-20H,16H2,1-11H3/q+1. The van der Waals surface area contributed by atoms with Gasteiger partial charge in [-0.25, -0.2) is 4.58 Å². The van der Waals surface area contributed by atoms with E-state index in [0.29, 0.717) is 24.2 Å². The third kappa shape index (κ3) is 4.40. The van der Waals surface area contributed by atoms with Gasteiger partial charge in [0.25, 0.3) is 5.36 Å². The average molecular weight is 424 g/mol. The Bertz CT molecular complexity index is 942. The first kappa shape index (κ1) is 23.4. The van der Waals surface area contributed by atoms with E-state index in [1.165, 1.54) is 39.1 Å². The van der Waals surface area contributed by atoms with Gasteiger partial charge in [-0.2, -0.15) is 0 Å². The minimum Gasteiger partial charge on any atom is -0.359 e. The van der Waals surface area contributed by atoms with Crippen molar-refractivity contribution in [1.82, 2.24) is 4.58 Å². The third-order valence-electron chi connectivity index (χ3n) is 6.29. The Morgan fingerprint density at radius 1 is 0.742 bits per heavy atom. The SMILES string of the molecule is Cc1cc(C)c(N2C=CN(c3c(N(C(C)C)C(C)C)c3=[N+](C(C)C)C(C)C)C2)c(C)c1. The molecule has 0 amide bonds. The first-order valence-corrected chi connectivity index (χ1v) is 11.9. The molecule has 1 aliphatic heterocycles. The highest BCUT2D eigenvalue weighted by atomic mass is 15.4. The van der Waals surface area contributed by atoms with Crippen molar-refractivity contribution in [2.45, 2.75) is 100 Å². The van der Waals surface area contributed by atoms with Crippen LogP contribution >= 0.6 is 0 Å². The van der Waals surface area contributed by atoms with Crippen LogP contribution in [0.2, 0.25) is 0 Å². The highest BCUT2D eigenvalue weighted by molar-refractivity contribution is 5.87. The van der Waals surface area contributed by atoms with E-state index < -0.39 is 0 Å². The Balaban J connectivity index is 2.05. The fraction of sp³-hybridized carbons (Fsp3) is 0.593. The van der Waals surface area contributed by atoms with Crippen molar-refractivity contribution in [3.8, 4) is 0 Å². The van der Waals surface area contributed by atoms with Gasteiger partial charge in [0.1, 0.15) is 23.5 Å². The second kappa shape index (κ2) is 8.72. The lowest BCUT2D eigenvalue weighted by molar-refractivity contribution is 0.429. The Hall–Kier alpha value is -2.23. The molecule has 1 aliphatic rings. The van der Waals surface area contributed by atoms with Gasteiger partial charge in [0, 0.05) is 30.2 Å².